The van der Waals surface area contributed by atoms with Gasteiger partial charge in [0.2, 0.25) is 0 Å². The molecule has 0 aliphatic carbocycles. The molecule has 0 radical (unpaired) electrons. The van der Waals surface area contributed by atoms with Crippen LogP contribution in [0.5, 0.6) is 0 Å². The molecule has 0 fully saturated rings. The summed E-state index contributed by atoms with van der Waals surface area (Å²) in [6, 6.07) is 3.24. The van der Waals surface area contributed by atoms with Gasteiger partial charge in [0.05, 0.1) is 0 Å². The first kappa shape index (κ1) is 15.7. The Bertz CT molecular complexity index is 544. The summed E-state index contributed by atoms with van der Waals surface area (Å²) in [4.78, 5) is 26.2. The largest absolute Gasteiger partial charge is 0.478 e. The van der Waals surface area contributed by atoms with E-state index in [1.807, 2.05) is 0 Å². The molecule has 1 rings (SSSR count). The average molecular weight is 278 g/mol. The average Bonchev–Trinajstić information content (AvgIpc) is 2.25. The van der Waals surface area contributed by atoms with Crippen molar-refractivity contribution < 1.29 is 19.4 Å². The number of nitrogens with zero attached hydrogens (tertiary/aromatic N) is 1. The summed E-state index contributed by atoms with van der Waals surface area (Å²) in [5.74, 6) is -0.726. The van der Waals surface area contributed by atoms with Crippen LogP contribution >= 0.6 is 0 Å². The monoisotopic (exact) mass is 278 g/mol. The SMILES string of the molecule is C/C(=C\C(=O)O)c1ccnc(NC(=O)OC(C)(C)C)c1. The van der Waals surface area contributed by atoms with Gasteiger partial charge in [0.1, 0.15) is 11.4 Å². The van der Waals surface area contributed by atoms with Crippen molar-refractivity contribution in [2.75, 3.05) is 5.32 Å². The van der Waals surface area contributed by atoms with Crippen molar-refractivity contribution in [3.8, 4) is 0 Å². The van der Waals surface area contributed by atoms with Crippen molar-refractivity contribution in [3.63, 3.8) is 0 Å². The molecule has 2 N–H and O–H groups in total. The van der Waals surface area contributed by atoms with Crippen LogP contribution in [0.25, 0.3) is 5.57 Å². The maximum Gasteiger partial charge on any atom is 0.413 e. The van der Waals surface area contributed by atoms with Gasteiger partial charge in [0.25, 0.3) is 0 Å². The second kappa shape index (κ2) is 6.18. The Morgan fingerprint density at radius 3 is 2.60 bits per heavy atom. The zero-order valence-electron chi connectivity index (χ0n) is 11.9. The van der Waals surface area contributed by atoms with Crippen LogP contribution < -0.4 is 5.32 Å². The molecule has 20 heavy (non-hydrogen) atoms. The third-order valence-electron chi connectivity index (χ3n) is 2.18. The Balaban J connectivity index is 2.84. The Morgan fingerprint density at radius 2 is 2.05 bits per heavy atom. The third kappa shape index (κ3) is 5.51. The predicted molar refractivity (Wildman–Crippen MR) is 75.4 cm³/mol. The minimum atomic E-state index is -1.03. The standard InChI is InChI=1S/C14H18N2O4/c1-9(7-12(17)18)10-5-6-15-11(8-10)16-13(19)20-14(2,3)4/h5-8H,1-4H3,(H,17,18)(H,15,16,19)/b9-7+. The van der Waals surface area contributed by atoms with Gasteiger partial charge in [0, 0.05) is 12.3 Å². The summed E-state index contributed by atoms with van der Waals surface area (Å²) in [6.07, 6.45) is 1.97. The first-order chi connectivity index (χ1) is 9.17. The van der Waals surface area contributed by atoms with E-state index in [-0.39, 0.29) is 0 Å². The van der Waals surface area contributed by atoms with Crippen LogP contribution in [0.2, 0.25) is 0 Å². The summed E-state index contributed by atoms with van der Waals surface area (Å²) in [5.41, 5.74) is 0.626. The first-order valence-electron chi connectivity index (χ1n) is 6.05. The Morgan fingerprint density at radius 1 is 1.40 bits per heavy atom. The number of hydrogen-bond donors (Lipinski definition) is 2. The zero-order valence-corrected chi connectivity index (χ0v) is 11.9. The van der Waals surface area contributed by atoms with E-state index in [1.165, 1.54) is 6.20 Å². The summed E-state index contributed by atoms with van der Waals surface area (Å²) in [7, 11) is 0. The normalized spacial score (nSPS) is 11.9. The number of aromatic nitrogens is 1. The number of carbonyl (C=O) groups is 2. The number of amides is 1. The van der Waals surface area contributed by atoms with Gasteiger partial charge in [-0.1, -0.05) is 0 Å². The van der Waals surface area contributed by atoms with Crippen molar-refractivity contribution in [2.45, 2.75) is 33.3 Å². The number of pyridine rings is 1. The molecular formula is C14H18N2O4. The number of rotatable bonds is 3. The fraction of sp³-hybridized carbons (Fsp3) is 0.357. The van der Waals surface area contributed by atoms with Crippen LogP contribution in [0.1, 0.15) is 33.3 Å². The molecule has 0 aromatic carbocycles. The molecule has 0 atom stereocenters. The molecule has 0 bridgehead atoms. The molecule has 0 spiro atoms. The smallest absolute Gasteiger partial charge is 0.413 e. The highest BCUT2D eigenvalue weighted by Gasteiger charge is 2.16. The second-order valence-corrected chi connectivity index (χ2v) is 5.22. The molecule has 0 aliphatic rings. The fourth-order valence-corrected chi connectivity index (χ4v) is 1.42. The van der Waals surface area contributed by atoms with E-state index >= 15 is 0 Å². The molecule has 1 heterocycles. The highest BCUT2D eigenvalue weighted by atomic mass is 16.6. The highest BCUT2D eigenvalue weighted by molar-refractivity contribution is 5.90. The van der Waals surface area contributed by atoms with Crippen LogP contribution in [0.4, 0.5) is 10.6 Å². The quantitative estimate of drug-likeness (QED) is 0.830. The molecule has 6 heteroatoms. The van der Waals surface area contributed by atoms with Crippen molar-refractivity contribution in [1.82, 2.24) is 4.98 Å². The van der Waals surface area contributed by atoms with Gasteiger partial charge in [-0.05, 0) is 51.0 Å². The molecule has 0 unspecified atom stereocenters. The highest BCUT2D eigenvalue weighted by Crippen LogP contribution is 2.17. The van der Waals surface area contributed by atoms with Crippen molar-refractivity contribution in [2.24, 2.45) is 0 Å². The van der Waals surface area contributed by atoms with E-state index in [9.17, 15) is 9.59 Å². The topological polar surface area (TPSA) is 88.5 Å². The first-order valence-corrected chi connectivity index (χ1v) is 6.05. The van der Waals surface area contributed by atoms with Gasteiger partial charge < -0.3 is 9.84 Å². The summed E-state index contributed by atoms with van der Waals surface area (Å²) in [6.45, 7) is 6.95. The van der Waals surface area contributed by atoms with E-state index in [0.29, 0.717) is 17.0 Å². The number of carbonyl (C=O) groups excluding carboxylic acids is 1. The molecule has 108 valence electrons. The number of carboxylic acid groups (broad SMARTS) is 1. The number of carboxylic acids is 1. The van der Waals surface area contributed by atoms with E-state index in [0.717, 1.165) is 6.08 Å². The predicted octanol–water partition coefficient (Wildman–Crippen LogP) is 2.92. The van der Waals surface area contributed by atoms with Gasteiger partial charge in [-0.2, -0.15) is 0 Å². The molecule has 1 amide bonds. The van der Waals surface area contributed by atoms with Crippen LogP contribution in [0.15, 0.2) is 24.4 Å². The van der Waals surface area contributed by atoms with E-state index in [4.69, 9.17) is 9.84 Å². The Labute approximate surface area is 117 Å². The van der Waals surface area contributed by atoms with Crippen LogP contribution in [0.3, 0.4) is 0 Å². The Hall–Kier alpha value is -2.37. The minimum Gasteiger partial charge on any atom is -0.478 e. The summed E-state index contributed by atoms with van der Waals surface area (Å²) in [5, 5.41) is 11.2. The number of aliphatic carboxylic acids is 1. The molecule has 0 saturated carbocycles. The maximum absolute atomic E-state index is 11.6. The van der Waals surface area contributed by atoms with E-state index < -0.39 is 17.7 Å². The molecule has 0 aliphatic heterocycles. The van der Waals surface area contributed by atoms with Gasteiger partial charge in [-0.3, -0.25) is 5.32 Å². The zero-order chi connectivity index (χ0) is 15.3. The number of hydrogen-bond acceptors (Lipinski definition) is 4. The molecular weight excluding hydrogens is 260 g/mol. The van der Waals surface area contributed by atoms with Gasteiger partial charge in [-0.25, -0.2) is 14.6 Å². The lowest BCUT2D eigenvalue weighted by Gasteiger charge is -2.19. The molecule has 0 saturated heterocycles. The molecule has 1 aromatic rings. The number of allylic oxidation sites excluding steroid dienone is 1. The number of ether oxygens (including phenoxy) is 1. The van der Waals surface area contributed by atoms with Crippen LogP contribution in [-0.2, 0) is 9.53 Å². The lowest BCUT2D eigenvalue weighted by Crippen LogP contribution is -2.27. The number of anilines is 1. The minimum absolute atomic E-state index is 0.301. The van der Waals surface area contributed by atoms with Gasteiger partial charge in [-0.15, -0.1) is 0 Å². The maximum atomic E-state index is 11.6. The van der Waals surface area contributed by atoms with Crippen molar-refractivity contribution >= 4 is 23.5 Å². The van der Waals surface area contributed by atoms with Crippen LogP contribution in [0, 0.1) is 0 Å². The molecule has 1 aromatic heterocycles. The number of nitrogens with one attached hydrogen (secondary N) is 1. The van der Waals surface area contributed by atoms with Gasteiger partial charge in [0.15, 0.2) is 0 Å². The van der Waals surface area contributed by atoms with E-state index in [1.54, 1.807) is 39.8 Å². The second-order valence-electron chi connectivity index (χ2n) is 5.22. The summed E-state index contributed by atoms with van der Waals surface area (Å²) < 4.78 is 5.11. The fourth-order valence-electron chi connectivity index (χ4n) is 1.42. The van der Waals surface area contributed by atoms with E-state index in [2.05, 4.69) is 10.3 Å². The van der Waals surface area contributed by atoms with Crippen molar-refractivity contribution in [1.29, 1.82) is 0 Å². The Kier molecular flexibility index (Phi) is 4.85. The summed E-state index contributed by atoms with van der Waals surface area (Å²) >= 11 is 0. The lowest BCUT2D eigenvalue weighted by atomic mass is 10.1. The molecule has 6 nitrogen and oxygen atoms in total. The van der Waals surface area contributed by atoms with Gasteiger partial charge >= 0.3 is 12.1 Å². The van der Waals surface area contributed by atoms with Crippen molar-refractivity contribution in [3.05, 3.63) is 30.0 Å². The van der Waals surface area contributed by atoms with Crippen LogP contribution in [-0.4, -0.2) is 27.8 Å². The lowest BCUT2D eigenvalue weighted by molar-refractivity contribution is -0.131. The third-order valence-corrected chi connectivity index (χ3v) is 2.18.